The van der Waals surface area contributed by atoms with Crippen LogP contribution in [0.4, 0.5) is 0 Å². The molecule has 1 aromatic carbocycles. The second kappa shape index (κ2) is 3.83. The van der Waals surface area contributed by atoms with Crippen LogP contribution in [0.1, 0.15) is 5.56 Å². The zero-order valence-electron chi connectivity index (χ0n) is 8.21. The van der Waals surface area contributed by atoms with E-state index in [1.54, 1.807) is 7.11 Å². The normalized spacial score (nSPS) is 10.7. The molecule has 0 fully saturated rings. The molecule has 0 atom stereocenters. The average Bonchev–Trinajstić information content (AvgIpc) is 2.19. The number of benzene rings is 1. The first-order valence-electron chi connectivity index (χ1n) is 4.29. The van der Waals surface area contributed by atoms with Crippen molar-refractivity contribution in [3.63, 3.8) is 0 Å². The number of aromatic nitrogens is 2. The third kappa shape index (κ3) is 1.85. The minimum Gasteiger partial charge on any atom is -0.494 e. The Morgan fingerprint density at radius 2 is 1.80 bits per heavy atom. The number of fused-ring (bicyclic) bond motifs is 1. The van der Waals surface area contributed by atoms with E-state index in [0.717, 1.165) is 5.56 Å². The minimum absolute atomic E-state index is 0.186. The first-order valence-corrected chi connectivity index (χ1v) is 5.05. The van der Waals surface area contributed by atoms with Crippen LogP contribution in [0.15, 0.2) is 12.1 Å². The number of hydrogen-bond donors (Lipinski definition) is 0. The van der Waals surface area contributed by atoms with Gasteiger partial charge in [-0.3, -0.25) is 0 Å². The van der Waals surface area contributed by atoms with Crippen LogP contribution in [0.3, 0.4) is 0 Å². The van der Waals surface area contributed by atoms with E-state index < -0.39 is 0 Å². The Bertz CT molecular complexity index is 528. The van der Waals surface area contributed by atoms with E-state index in [2.05, 4.69) is 9.97 Å². The molecular formula is C10H8Cl2N2O. The van der Waals surface area contributed by atoms with Gasteiger partial charge >= 0.3 is 0 Å². The maximum Gasteiger partial charge on any atom is 0.167 e. The summed E-state index contributed by atoms with van der Waals surface area (Å²) >= 11 is 11.6. The fraction of sp³-hybridized carbons (Fsp3) is 0.200. The van der Waals surface area contributed by atoms with Crippen molar-refractivity contribution < 1.29 is 4.74 Å². The summed E-state index contributed by atoms with van der Waals surface area (Å²) in [6.45, 7) is 1.95. The second-order valence-electron chi connectivity index (χ2n) is 3.14. The number of methoxy groups -OCH3 is 1. The van der Waals surface area contributed by atoms with Gasteiger partial charge in [-0.15, -0.1) is 0 Å². The smallest absolute Gasteiger partial charge is 0.167 e. The molecule has 2 aromatic rings. The zero-order chi connectivity index (χ0) is 11.0. The van der Waals surface area contributed by atoms with Crippen molar-refractivity contribution in [3.05, 3.63) is 28.0 Å². The van der Waals surface area contributed by atoms with Crippen LogP contribution in [-0.4, -0.2) is 17.1 Å². The molecule has 1 heterocycles. The molecular weight excluding hydrogens is 235 g/mol. The van der Waals surface area contributed by atoms with E-state index in [1.807, 2.05) is 19.1 Å². The molecule has 0 aliphatic heterocycles. The van der Waals surface area contributed by atoms with E-state index in [1.165, 1.54) is 0 Å². The van der Waals surface area contributed by atoms with Crippen LogP contribution < -0.4 is 4.74 Å². The summed E-state index contributed by atoms with van der Waals surface area (Å²) in [6.07, 6.45) is 0. The van der Waals surface area contributed by atoms with Crippen LogP contribution >= 0.6 is 23.2 Å². The Hall–Kier alpha value is -1.06. The second-order valence-corrected chi connectivity index (χ2v) is 3.86. The number of ether oxygens (including phenoxy) is 1. The standard InChI is InChI=1S/C10H8Cl2N2O/c1-5-3-6-8(7(4-5)15-2)14-10(12)9(11)13-6/h3-4H,1-2H3. The number of halogens is 2. The van der Waals surface area contributed by atoms with Crippen molar-refractivity contribution in [2.24, 2.45) is 0 Å². The van der Waals surface area contributed by atoms with Gasteiger partial charge in [0.25, 0.3) is 0 Å². The molecule has 1 aromatic heterocycles. The van der Waals surface area contributed by atoms with E-state index in [-0.39, 0.29) is 10.3 Å². The highest BCUT2D eigenvalue weighted by Crippen LogP contribution is 2.28. The number of rotatable bonds is 1. The van der Waals surface area contributed by atoms with Gasteiger partial charge < -0.3 is 4.74 Å². The molecule has 0 bridgehead atoms. The summed E-state index contributed by atoms with van der Waals surface area (Å²) in [6, 6.07) is 3.76. The molecule has 0 unspecified atom stereocenters. The molecule has 0 aliphatic rings. The molecule has 0 N–H and O–H groups in total. The third-order valence-corrected chi connectivity index (χ3v) is 2.64. The first kappa shape index (κ1) is 10.5. The lowest BCUT2D eigenvalue weighted by Crippen LogP contribution is -1.92. The summed E-state index contributed by atoms with van der Waals surface area (Å²) in [5.41, 5.74) is 2.34. The van der Waals surface area contributed by atoms with Crippen molar-refractivity contribution >= 4 is 34.2 Å². The molecule has 0 saturated carbocycles. The summed E-state index contributed by atoms with van der Waals surface area (Å²) in [7, 11) is 1.58. The first-order chi connectivity index (χ1) is 7.11. The highest BCUT2D eigenvalue weighted by atomic mass is 35.5. The fourth-order valence-electron chi connectivity index (χ4n) is 1.38. The number of aryl methyl sites for hydroxylation is 1. The molecule has 0 spiro atoms. The van der Waals surface area contributed by atoms with Crippen molar-refractivity contribution in [3.8, 4) is 5.75 Å². The van der Waals surface area contributed by atoms with Gasteiger partial charge in [0, 0.05) is 0 Å². The van der Waals surface area contributed by atoms with Crippen LogP contribution in [0.5, 0.6) is 5.75 Å². The monoisotopic (exact) mass is 242 g/mol. The van der Waals surface area contributed by atoms with Crippen molar-refractivity contribution in [2.45, 2.75) is 6.92 Å². The fourth-order valence-corrected chi connectivity index (χ4v) is 1.64. The Kier molecular flexibility index (Phi) is 2.67. The predicted molar refractivity (Wildman–Crippen MR) is 60.8 cm³/mol. The maximum absolute atomic E-state index is 5.80. The Labute approximate surface area is 97.0 Å². The Morgan fingerprint density at radius 1 is 1.13 bits per heavy atom. The maximum atomic E-state index is 5.80. The Balaban J connectivity index is 2.84. The molecule has 3 nitrogen and oxygen atoms in total. The topological polar surface area (TPSA) is 35.0 Å². The largest absolute Gasteiger partial charge is 0.494 e. The van der Waals surface area contributed by atoms with Crippen LogP contribution in [0, 0.1) is 6.92 Å². The zero-order valence-corrected chi connectivity index (χ0v) is 9.73. The number of nitrogens with zero attached hydrogens (tertiary/aromatic N) is 2. The lowest BCUT2D eigenvalue weighted by Gasteiger charge is -2.06. The van der Waals surface area contributed by atoms with Crippen molar-refractivity contribution in [1.82, 2.24) is 9.97 Å². The lowest BCUT2D eigenvalue weighted by molar-refractivity contribution is 0.418. The molecule has 0 radical (unpaired) electrons. The Morgan fingerprint density at radius 3 is 2.47 bits per heavy atom. The highest BCUT2D eigenvalue weighted by molar-refractivity contribution is 6.40. The molecule has 2 rings (SSSR count). The lowest BCUT2D eigenvalue weighted by atomic mass is 10.2. The summed E-state index contributed by atoms with van der Waals surface area (Å²) in [5.74, 6) is 0.649. The van der Waals surface area contributed by atoms with Crippen LogP contribution in [0.2, 0.25) is 10.3 Å². The summed E-state index contributed by atoms with van der Waals surface area (Å²) in [5, 5.41) is 0.392. The van der Waals surface area contributed by atoms with Crippen molar-refractivity contribution in [1.29, 1.82) is 0 Å². The van der Waals surface area contributed by atoms with Gasteiger partial charge in [0.15, 0.2) is 10.3 Å². The quantitative estimate of drug-likeness (QED) is 0.771. The summed E-state index contributed by atoms with van der Waals surface area (Å²) < 4.78 is 5.20. The van der Waals surface area contributed by atoms with Gasteiger partial charge in [-0.25, -0.2) is 9.97 Å². The van der Waals surface area contributed by atoms with Gasteiger partial charge in [0.1, 0.15) is 11.3 Å². The van der Waals surface area contributed by atoms with Crippen molar-refractivity contribution in [2.75, 3.05) is 7.11 Å². The molecule has 0 aliphatic carbocycles. The van der Waals surface area contributed by atoms with Crippen LogP contribution in [0.25, 0.3) is 11.0 Å². The minimum atomic E-state index is 0.186. The highest BCUT2D eigenvalue weighted by Gasteiger charge is 2.09. The molecule has 78 valence electrons. The average molecular weight is 243 g/mol. The SMILES string of the molecule is COc1cc(C)cc2nc(Cl)c(Cl)nc12. The van der Waals surface area contributed by atoms with Gasteiger partial charge in [0.05, 0.1) is 12.6 Å². The third-order valence-electron chi connectivity index (χ3n) is 2.02. The van der Waals surface area contributed by atoms with E-state index in [0.29, 0.717) is 16.8 Å². The van der Waals surface area contributed by atoms with E-state index in [4.69, 9.17) is 27.9 Å². The number of hydrogen-bond acceptors (Lipinski definition) is 3. The van der Waals surface area contributed by atoms with Gasteiger partial charge in [-0.2, -0.15) is 0 Å². The van der Waals surface area contributed by atoms with Gasteiger partial charge in [-0.1, -0.05) is 23.2 Å². The molecule has 0 saturated heterocycles. The van der Waals surface area contributed by atoms with Gasteiger partial charge in [-0.05, 0) is 24.6 Å². The molecule has 15 heavy (non-hydrogen) atoms. The van der Waals surface area contributed by atoms with Gasteiger partial charge in [0.2, 0.25) is 0 Å². The molecule has 0 amide bonds. The predicted octanol–water partition coefficient (Wildman–Crippen LogP) is 3.25. The van der Waals surface area contributed by atoms with E-state index >= 15 is 0 Å². The summed E-state index contributed by atoms with van der Waals surface area (Å²) in [4.78, 5) is 8.27. The van der Waals surface area contributed by atoms with E-state index in [9.17, 15) is 0 Å². The van der Waals surface area contributed by atoms with Crippen LogP contribution in [-0.2, 0) is 0 Å². The molecule has 5 heteroatoms.